The first-order valence-electron chi connectivity index (χ1n) is 11.0. The highest BCUT2D eigenvalue weighted by molar-refractivity contribution is 6.66. The first kappa shape index (κ1) is 20.7. The van der Waals surface area contributed by atoms with Gasteiger partial charge >= 0.3 is 7.05 Å². The van der Waals surface area contributed by atoms with Gasteiger partial charge in [-0.3, -0.25) is 9.59 Å². The van der Waals surface area contributed by atoms with E-state index in [1.54, 1.807) is 17.0 Å². The summed E-state index contributed by atoms with van der Waals surface area (Å²) in [5, 5.41) is 17.1. The van der Waals surface area contributed by atoms with Crippen LogP contribution >= 0.6 is 0 Å². The first-order valence-corrected chi connectivity index (χ1v) is 11.0. The Morgan fingerprint density at radius 3 is 2.56 bits per heavy atom. The fourth-order valence-electron chi connectivity index (χ4n) is 4.33. The van der Waals surface area contributed by atoms with E-state index in [-0.39, 0.29) is 23.3 Å². The van der Waals surface area contributed by atoms with Crippen LogP contribution in [0.4, 0.5) is 4.39 Å². The number of amides is 2. The van der Waals surface area contributed by atoms with E-state index in [4.69, 9.17) is 0 Å². The van der Waals surface area contributed by atoms with Crippen LogP contribution in [0.1, 0.15) is 34.3 Å². The summed E-state index contributed by atoms with van der Waals surface area (Å²) in [5.74, 6) is -0.579. The molecule has 0 atom stereocenters. The smallest absolute Gasteiger partial charge is 0.428 e. The first-order chi connectivity index (χ1) is 15.5. The van der Waals surface area contributed by atoms with Crippen molar-refractivity contribution < 1.29 is 19.0 Å². The highest BCUT2D eigenvalue weighted by Gasteiger charge is 2.35. The lowest BCUT2D eigenvalue weighted by atomic mass is 9.70. The molecule has 7 nitrogen and oxygen atoms in total. The average Bonchev–Trinajstić information content (AvgIpc) is 3.67. The third kappa shape index (κ3) is 4.00. The van der Waals surface area contributed by atoms with Crippen molar-refractivity contribution in [2.24, 2.45) is 11.0 Å². The molecule has 0 unspecified atom stereocenters. The van der Waals surface area contributed by atoms with E-state index >= 15 is 0 Å². The van der Waals surface area contributed by atoms with Crippen LogP contribution in [-0.4, -0.2) is 65.6 Å². The zero-order chi connectivity index (χ0) is 22.2. The van der Waals surface area contributed by atoms with Gasteiger partial charge in [-0.05, 0) is 41.6 Å². The molecule has 0 spiro atoms. The summed E-state index contributed by atoms with van der Waals surface area (Å²) in [6.07, 6.45) is 2.31. The molecule has 9 heteroatoms. The lowest BCUT2D eigenvalue weighted by Gasteiger charge is -2.35. The predicted molar refractivity (Wildman–Crippen MR) is 119 cm³/mol. The predicted octanol–water partition coefficient (Wildman–Crippen LogP) is 0.758. The van der Waals surface area contributed by atoms with Gasteiger partial charge in [-0.1, -0.05) is 30.3 Å². The van der Waals surface area contributed by atoms with E-state index < -0.39 is 12.9 Å². The molecule has 2 fully saturated rings. The van der Waals surface area contributed by atoms with Crippen molar-refractivity contribution in [3.8, 4) is 0 Å². The minimum absolute atomic E-state index is 0.0298. The van der Waals surface area contributed by atoms with E-state index in [2.05, 4.69) is 10.4 Å². The summed E-state index contributed by atoms with van der Waals surface area (Å²) in [4.78, 5) is 28.7. The van der Waals surface area contributed by atoms with Gasteiger partial charge in [-0.15, -0.1) is 0 Å². The van der Waals surface area contributed by atoms with Gasteiger partial charge in [0.2, 0.25) is 5.91 Å². The molecule has 2 aliphatic heterocycles. The van der Waals surface area contributed by atoms with Gasteiger partial charge in [0.1, 0.15) is 5.82 Å². The molecular weight excluding hydrogens is 410 g/mol. The van der Waals surface area contributed by atoms with Crippen molar-refractivity contribution in [3.05, 3.63) is 65.0 Å². The number of benzene rings is 2. The van der Waals surface area contributed by atoms with Gasteiger partial charge in [0.25, 0.3) is 5.91 Å². The number of fused-ring (bicyclic) bond motifs is 1. The fourth-order valence-corrected chi connectivity index (χ4v) is 4.33. The van der Waals surface area contributed by atoms with Crippen molar-refractivity contribution >= 4 is 30.0 Å². The largest absolute Gasteiger partial charge is 0.464 e. The molecule has 2 heterocycles. The number of nitrogens with one attached hydrogen (secondary N) is 1. The molecule has 32 heavy (non-hydrogen) atoms. The standard InChI is InChI=1S/C23H24BFN4O3/c25-20-8-5-15(14-21-17-3-1-2-4-19(17)24(32)27-26-21)13-18(20)23(31)29-11-9-28(10-12-29)22(30)16-6-7-16/h1-5,8,13,16,27,32H,6-7,9-12,14H2. The molecule has 0 radical (unpaired) electrons. The molecular formula is C23H24BFN4O3. The van der Waals surface area contributed by atoms with Gasteiger partial charge in [-0.2, -0.15) is 5.10 Å². The number of hydrogen-bond donors (Lipinski definition) is 2. The molecule has 1 saturated heterocycles. The van der Waals surface area contributed by atoms with E-state index in [1.807, 2.05) is 29.2 Å². The monoisotopic (exact) mass is 434 g/mol. The number of hydrogen-bond acceptors (Lipinski definition) is 5. The van der Waals surface area contributed by atoms with Crippen molar-refractivity contribution in [1.82, 2.24) is 15.1 Å². The average molecular weight is 434 g/mol. The molecule has 2 N–H and O–H groups in total. The molecule has 5 rings (SSSR count). The molecule has 0 bridgehead atoms. The minimum atomic E-state index is -0.870. The number of halogens is 1. The summed E-state index contributed by atoms with van der Waals surface area (Å²) < 4.78 is 14.6. The Hall–Kier alpha value is -3.20. The Kier molecular flexibility index (Phi) is 5.42. The summed E-state index contributed by atoms with van der Waals surface area (Å²) in [5.41, 5.74) is 3.05. The second kappa shape index (κ2) is 8.39. The Bertz CT molecular complexity index is 1100. The lowest BCUT2D eigenvalue weighted by Crippen LogP contribution is -2.51. The highest BCUT2D eigenvalue weighted by Crippen LogP contribution is 2.31. The zero-order valence-electron chi connectivity index (χ0n) is 17.6. The van der Waals surface area contributed by atoms with Crippen LogP contribution in [0.5, 0.6) is 0 Å². The van der Waals surface area contributed by atoms with Crippen molar-refractivity contribution in [2.75, 3.05) is 26.2 Å². The van der Waals surface area contributed by atoms with Crippen LogP contribution in [0.2, 0.25) is 0 Å². The molecule has 3 aliphatic rings. The molecule has 2 aromatic rings. The second-order valence-electron chi connectivity index (χ2n) is 8.56. The minimum Gasteiger partial charge on any atom is -0.428 e. The van der Waals surface area contributed by atoms with Gasteiger partial charge < -0.3 is 20.2 Å². The Morgan fingerprint density at radius 1 is 1.09 bits per heavy atom. The third-order valence-electron chi connectivity index (χ3n) is 6.33. The van der Waals surface area contributed by atoms with Crippen molar-refractivity contribution in [2.45, 2.75) is 19.3 Å². The fraction of sp³-hybridized carbons (Fsp3) is 0.348. The van der Waals surface area contributed by atoms with Crippen molar-refractivity contribution in [1.29, 1.82) is 0 Å². The van der Waals surface area contributed by atoms with Crippen molar-refractivity contribution in [3.63, 3.8) is 0 Å². The summed E-state index contributed by atoms with van der Waals surface area (Å²) in [7, 11) is -0.870. The van der Waals surface area contributed by atoms with Crippen LogP contribution in [0.15, 0.2) is 47.6 Å². The molecule has 0 aromatic heterocycles. The number of piperazine rings is 1. The number of rotatable bonds is 4. The van der Waals surface area contributed by atoms with Crippen LogP contribution in [0.25, 0.3) is 0 Å². The SMILES string of the molecule is O=C(c1cc(CC2=NNB(O)c3ccccc32)ccc1F)N1CCN(C(=O)C2CC2)CC1. The molecule has 2 aromatic carbocycles. The molecule has 1 saturated carbocycles. The topological polar surface area (TPSA) is 85.2 Å². The second-order valence-corrected chi connectivity index (χ2v) is 8.56. The zero-order valence-corrected chi connectivity index (χ0v) is 17.6. The Balaban J connectivity index is 1.30. The maximum absolute atomic E-state index is 14.6. The number of hydrazone groups is 1. The Morgan fingerprint density at radius 2 is 1.81 bits per heavy atom. The number of carbonyl (C=O) groups is 2. The van der Waals surface area contributed by atoms with Crippen LogP contribution < -0.4 is 10.8 Å². The van der Waals surface area contributed by atoms with Crippen LogP contribution in [0.3, 0.4) is 0 Å². The van der Waals surface area contributed by atoms with Gasteiger partial charge in [-0.25, -0.2) is 4.39 Å². The third-order valence-corrected chi connectivity index (χ3v) is 6.33. The molecule has 1 aliphatic carbocycles. The summed E-state index contributed by atoms with van der Waals surface area (Å²) >= 11 is 0. The summed E-state index contributed by atoms with van der Waals surface area (Å²) in [6, 6.07) is 12.0. The highest BCUT2D eigenvalue weighted by atomic mass is 19.1. The maximum atomic E-state index is 14.6. The maximum Gasteiger partial charge on any atom is 0.464 e. The molecule has 164 valence electrons. The van der Waals surface area contributed by atoms with E-state index in [1.165, 1.54) is 6.07 Å². The lowest BCUT2D eigenvalue weighted by molar-refractivity contribution is -0.134. The summed E-state index contributed by atoms with van der Waals surface area (Å²) in [6.45, 7) is 1.79. The Labute approximate surface area is 186 Å². The van der Waals surface area contributed by atoms with Gasteiger partial charge in [0, 0.05) is 38.5 Å². The molecule has 2 amide bonds. The number of carbonyl (C=O) groups excluding carboxylic acids is 2. The van der Waals surface area contributed by atoms with E-state index in [0.29, 0.717) is 38.3 Å². The normalized spacial score (nSPS) is 18.1. The quantitative estimate of drug-likeness (QED) is 0.696. The number of nitrogens with zero attached hydrogens (tertiary/aromatic N) is 3. The van der Waals surface area contributed by atoms with Crippen LogP contribution in [-0.2, 0) is 11.2 Å². The van der Waals surface area contributed by atoms with Gasteiger partial charge in [0.15, 0.2) is 0 Å². The van der Waals surface area contributed by atoms with Gasteiger partial charge in [0.05, 0.1) is 11.3 Å². The van der Waals surface area contributed by atoms with E-state index in [0.717, 1.165) is 29.4 Å². The van der Waals surface area contributed by atoms with E-state index in [9.17, 15) is 19.0 Å². The van der Waals surface area contributed by atoms with Crippen LogP contribution in [0, 0.1) is 11.7 Å².